The van der Waals surface area contributed by atoms with Crippen LogP contribution in [0.25, 0.3) is 0 Å². The summed E-state index contributed by atoms with van der Waals surface area (Å²) >= 11 is 0. The lowest BCUT2D eigenvalue weighted by Gasteiger charge is -2.07. The maximum atomic E-state index is 8.52. The fraction of sp³-hybridized carbons (Fsp3) is 1.00. The highest BCUT2D eigenvalue weighted by atomic mass is 16.6. The van der Waals surface area contributed by atoms with Crippen molar-refractivity contribution in [1.82, 2.24) is 0 Å². The number of rotatable bonds is 3. The third-order valence-corrected chi connectivity index (χ3v) is 0.600. The average molecular weight is 119 g/mol. The van der Waals surface area contributed by atoms with Gasteiger partial charge in [-0.15, -0.1) is 0 Å². The van der Waals surface area contributed by atoms with Gasteiger partial charge in [0.1, 0.15) is 0 Å². The van der Waals surface area contributed by atoms with E-state index < -0.39 is 6.29 Å². The van der Waals surface area contributed by atoms with Gasteiger partial charge in [0.05, 0.1) is 6.61 Å². The zero-order chi connectivity index (χ0) is 6.57. The van der Waals surface area contributed by atoms with Crippen LogP contribution in [0.4, 0.5) is 0 Å². The smallest absolute Gasteiger partial charge is 0.151 e. The number of hydrogen-bond acceptors (Lipinski definition) is 3. The van der Waals surface area contributed by atoms with Crippen molar-refractivity contribution in [3.8, 4) is 0 Å². The topological polar surface area (TPSA) is 55.5 Å². The van der Waals surface area contributed by atoms with Crippen LogP contribution in [0.15, 0.2) is 0 Å². The summed E-state index contributed by atoms with van der Waals surface area (Å²) in [6.07, 6.45) is -0.694. The van der Waals surface area contributed by atoms with Crippen LogP contribution in [0.5, 0.6) is 0 Å². The number of aliphatic hydroxyl groups excluding tert-OH is 1. The van der Waals surface area contributed by atoms with Gasteiger partial charge in [-0.05, 0) is 13.8 Å². The van der Waals surface area contributed by atoms with E-state index in [0.29, 0.717) is 6.61 Å². The van der Waals surface area contributed by atoms with Gasteiger partial charge >= 0.3 is 0 Å². The average Bonchev–Trinajstić information content (AvgIpc) is 1.61. The minimum atomic E-state index is -0.694. The monoisotopic (exact) mass is 119 g/mol. The zero-order valence-electron chi connectivity index (χ0n) is 5.29. The fourth-order valence-corrected chi connectivity index (χ4v) is 0.291. The minimum absolute atomic E-state index is 0.00426. The molecule has 0 saturated heterocycles. The third-order valence-electron chi connectivity index (χ3n) is 0.600. The van der Waals surface area contributed by atoms with E-state index in [-0.39, 0.29) is 6.04 Å². The molecule has 0 bridgehead atoms. The van der Waals surface area contributed by atoms with Crippen molar-refractivity contribution >= 4 is 0 Å². The summed E-state index contributed by atoms with van der Waals surface area (Å²) in [6, 6.07) is 0.00426. The van der Waals surface area contributed by atoms with E-state index in [2.05, 4.69) is 0 Å². The van der Waals surface area contributed by atoms with Gasteiger partial charge in [0, 0.05) is 6.04 Å². The first-order valence-electron chi connectivity index (χ1n) is 2.68. The van der Waals surface area contributed by atoms with Gasteiger partial charge in [-0.2, -0.15) is 0 Å². The Morgan fingerprint density at radius 2 is 2.12 bits per heavy atom. The third kappa shape index (κ3) is 5.88. The van der Waals surface area contributed by atoms with Gasteiger partial charge < -0.3 is 15.6 Å². The molecule has 50 valence electrons. The van der Waals surface area contributed by atoms with Crippen LogP contribution in [0.3, 0.4) is 0 Å². The SMILES string of the molecule is CC(O)OC[C@@H](C)N. The summed E-state index contributed by atoms with van der Waals surface area (Å²) in [5.74, 6) is 0. The molecule has 0 aliphatic heterocycles. The Balaban J connectivity index is 2.93. The molecule has 3 heteroatoms. The summed E-state index contributed by atoms with van der Waals surface area (Å²) < 4.78 is 4.73. The van der Waals surface area contributed by atoms with E-state index in [1.54, 1.807) is 6.92 Å². The molecule has 0 aromatic rings. The molecule has 8 heavy (non-hydrogen) atoms. The quantitative estimate of drug-likeness (QED) is 0.501. The van der Waals surface area contributed by atoms with Crippen molar-refractivity contribution in [3.05, 3.63) is 0 Å². The Morgan fingerprint density at radius 1 is 1.62 bits per heavy atom. The second kappa shape index (κ2) is 3.83. The van der Waals surface area contributed by atoms with E-state index in [4.69, 9.17) is 15.6 Å². The number of hydrogen-bond donors (Lipinski definition) is 2. The lowest BCUT2D eigenvalue weighted by molar-refractivity contribution is -0.0878. The zero-order valence-corrected chi connectivity index (χ0v) is 5.29. The van der Waals surface area contributed by atoms with Crippen molar-refractivity contribution in [1.29, 1.82) is 0 Å². The molecule has 0 amide bonds. The van der Waals surface area contributed by atoms with Crippen molar-refractivity contribution in [2.24, 2.45) is 5.73 Å². The molecule has 0 heterocycles. The highest BCUT2D eigenvalue weighted by molar-refractivity contribution is 4.47. The van der Waals surface area contributed by atoms with Gasteiger partial charge in [-0.3, -0.25) is 0 Å². The predicted octanol–water partition coefficient (Wildman–Crippen LogP) is -0.312. The van der Waals surface area contributed by atoms with Crippen molar-refractivity contribution < 1.29 is 9.84 Å². The molecule has 1 unspecified atom stereocenters. The second-order valence-electron chi connectivity index (χ2n) is 1.91. The molecule has 3 nitrogen and oxygen atoms in total. The molecule has 0 aromatic carbocycles. The van der Waals surface area contributed by atoms with E-state index in [0.717, 1.165) is 0 Å². The Hall–Kier alpha value is -0.120. The van der Waals surface area contributed by atoms with Crippen LogP contribution < -0.4 is 5.73 Å². The molecule has 0 saturated carbocycles. The van der Waals surface area contributed by atoms with Crippen molar-refractivity contribution in [2.45, 2.75) is 26.2 Å². The lowest BCUT2D eigenvalue weighted by Crippen LogP contribution is -2.24. The molecule has 3 N–H and O–H groups in total. The highest BCUT2D eigenvalue weighted by Gasteiger charge is 1.96. The summed E-state index contributed by atoms with van der Waals surface area (Å²) in [5, 5.41) is 8.52. The molecule has 0 aliphatic carbocycles. The first-order chi connectivity index (χ1) is 3.63. The summed E-state index contributed by atoms with van der Waals surface area (Å²) in [5.41, 5.74) is 5.30. The Kier molecular flexibility index (Phi) is 3.77. The molecular formula is C5H13NO2. The maximum Gasteiger partial charge on any atom is 0.151 e. The van der Waals surface area contributed by atoms with Crippen LogP contribution in [0, 0.1) is 0 Å². The molecule has 0 aliphatic rings. The van der Waals surface area contributed by atoms with Crippen molar-refractivity contribution in [3.63, 3.8) is 0 Å². The van der Waals surface area contributed by atoms with Crippen LogP contribution in [0.1, 0.15) is 13.8 Å². The van der Waals surface area contributed by atoms with E-state index in [1.807, 2.05) is 6.92 Å². The van der Waals surface area contributed by atoms with E-state index >= 15 is 0 Å². The van der Waals surface area contributed by atoms with Gasteiger partial charge in [0.15, 0.2) is 6.29 Å². The molecule has 2 atom stereocenters. The van der Waals surface area contributed by atoms with Crippen LogP contribution in [-0.2, 0) is 4.74 Å². The van der Waals surface area contributed by atoms with Crippen molar-refractivity contribution in [2.75, 3.05) is 6.61 Å². The predicted molar refractivity (Wildman–Crippen MR) is 31.3 cm³/mol. The first kappa shape index (κ1) is 7.88. The molecular weight excluding hydrogens is 106 g/mol. The Morgan fingerprint density at radius 3 is 2.25 bits per heavy atom. The standard InChI is InChI=1S/C5H13NO2/c1-4(6)3-8-5(2)7/h4-5,7H,3,6H2,1-2H3/t4-,5?/m1/s1. The molecule has 0 spiro atoms. The fourth-order valence-electron chi connectivity index (χ4n) is 0.291. The summed E-state index contributed by atoms with van der Waals surface area (Å²) in [6.45, 7) is 3.79. The normalized spacial score (nSPS) is 18.0. The van der Waals surface area contributed by atoms with Crippen LogP contribution in [-0.4, -0.2) is 24.0 Å². The maximum absolute atomic E-state index is 8.52. The van der Waals surface area contributed by atoms with Crippen LogP contribution in [0.2, 0.25) is 0 Å². The Bertz CT molecular complexity index is 46.4. The highest BCUT2D eigenvalue weighted by Crippen LogP contribution is 1.84. The largest absolute Gasteiger partial charge is 0.368 e. The minimum Gasteiger partial charge on any atom is -0.368 e. The van der Waals surface area contributed by atoms with Gasteiger partial charge in [-0.25, -0.2) is 0 Å². The second-order valence-corrected chi connectivity index (χ2v) is 1.91. The number of nitrogens with two attached hydrogens (primary N) is 1. The Labute approximate surface area is 49.4 Å². The van der Waals surface area contributed by atoms with E-state index in [1.165, 1.54) is 0 Å². The number of ether oxygens (including phenoxy) is 1. The summed E-state index contributed by atoms with van der Waals surface area (Å²) in [7, 11) is 0. The first-order valence-corrected chi connectivity index (χ1v) is 2.68. The van der Waals surface area contributed by atoms with Gasteiger partial charge in [0.25, 0.3) is 0 Å². The molecule has 0 rings (SSSR count). The van der Waals surface area contributed by atoms with E-state index in [9.17, 15) is 0 Å². The van der Waals surface area contributed by atoms with Crippen LogP contribution >= 0.6 is 0 Å². The lowest BCUT2D eigenvalue weighted by atomic mass is 10.4. The van der Waals surface area contributed by atoms with Gasteiger partial charge in [0.2, 0.25) is 0 Å². The summed E-state index contributed by atoms with van der Waals surface area (Å²) in [4.78, 5) is 0. The molecule has 0 fully saturated rings. The molecule has 0 aromatic heterocycles. The number of aliphatic hydroxyl groups is 1. The van der Waals surface area contributed by atoms with Gasteiger partial charge in [-0.1, -0.05) is 0 Å². The molecule has 0 radical (unpaired) electrons.